The Morgan fingerprint density at radius 1 is 0.571 bits per heavy atom. The van der Waals surface area contributed by atoms with Crippen LogP contribution in [0.2, 0.25) is 0 Å². The highest BCUT2D eigenvalue weighted by molar-refractivity contribution is 6.46. The maximum Gasteiger partial charge on any atom is 0.116 e. The molecule has 8 radical (unpaired) electrons. The second-order valence-electron chi connectivity index (χ2n) is 6.81. The van der Waals surface area contributed by atoms with Crippen molar-refractivity contribution < 1.29 is 0 Å². The number of hydrogen-bond donors (Lipinski definition) is 2. The van der Waals surface area contributed by atoms with Crippen molar-refractivity contribution in [2.45, 2.75) is 0 Å². The smallest absolute Gasteiger partial charge is 0.116 e. The van der Waals surface area contributed by atoms with Gasteiger partial charge in [0, 0.05) is 22.1 Å². The lowest BCUT2D eigenvalue weighted by atomic mass is 9.89. The molecular formula is C20H10B4N4. The molecule has 3 aromatic rings. The Labute approximate surface area is 166 Å². The fourth-order valence-electron chi connectivity index (χ4n) is 3.32. The lowest BCUT2D eigenvalue weighted by Crippen LogP contribution is -2.00. The Bertz CT molecular complexity index is 1260. The first-order chi connectivity index (χ1) is 13.4. The molecule has 122 valence electrons. The predicted molar refractivity (Wildman–Crippen MR) is 119 cm³/mol. The molecule has 2 aliphatic rings. The molecule has 2 aliphatic heterocycles. The second-order valence-corrected chi connectivity index (χ2v) is 6.81. The van der Waals surface area contributed by atoms with Crippen molar-refractivity contribution in [3.8, 4) is 0 Å². The van der Waals surface area contributed by atoms with Crippen LogP contribution in [-0.4, -0.2) is 51.3 Å². The number of aromatic amines is 2. The van der Waals surface area contributed by atoms with Gasteiger partial charge in [-0.3, -0.25) is 0 Å². The van der Waals surface area contributed by atoms with Crippen LogP contribution >= 0.6 is 0 Å². The summed E-state index contributed by atoms with van der Waals surface area (Å²) < 4.78 is 0. The van der Waals surface area contributed by atoms with Crippen molar-refractivity contribution in [1.29, 1.82) is 0 Å². The molecule has 2 N–H and O–H groups in total. The van der Waals surface area contributed by atoms with E-state index in [4.69, 9.17) is 31.4 Å². The van der Waals surface area contributed by atoms with Crippen LogP contribution in [0.4, 0.5) is 0 Å². The molecule has 0 atom stereocenters. The highest BCUT2D eigenvalue weighted by atomic mass is 14.8. The maximum atomic E-state index is 6.15. The Kier molecular flexibility index (Phi) is 3.76. The minimum atomic E-state index is 0.552. The molecule has 28 heavy (non-hydrogen) atoms. The third-order valence-electron chi connectivity index (χ3n) is 4.67. The Morgan fingerprint density at radius 2 is 1.04 bits per heavy atom. The molecule has 4 nitrogen and oxygen atoms in total. The third kappa shape index (κ3) is 2.95. The van der Waals surface area contributed by atoms with Gasteiger partial charge in [0.15, 0.2) is 0 Å². The van der Waals surface area contributed by atoms with Gasteiger partial charge >= 0.3 is 0 Å². The fourth-order valence-corrected chi connectivity index (χ4v) is 3.32. The van der Waals surface area contributed by atoms with E-state index in [1.54, 1.807) is 18.2 Å². The monoisotopic (exact) mass is 350 g/mol. The molecule has 8 bridgehead atoms. The first-order valence-corrected chi connectivity index (χ1v) is 8.67. The van der Waals surface area contributed by atoms with Gasteiger partial charge in [0.2, 0.25) is 0 Å². The maximum absolute atomic E-state index is 6.15. The zero-order chi connectivity index (χ0) is 19.4. The molecule has 0 aliphatic carbocycles. The number of hydrogen-bond acceptors (Lipinski definition) is 2. The average molecular weight is 350 g/mol. The molecule has 0 spiro atoms. The predicted octanol–water partition coefficient (Wildman–Crippen LogP) is 1.24. The minimum absolute atomic E-state index is 0.552. The van der Waals surface area contributed by atoms with Gasteiger partial charge in [-0.2, -0.15) is 0 Å². The molecule has 3 aromatic heterocycles. The molecule has 8 heteroatoms. The number of nitrogens with one attached hydrogen (secondary N) is 2. The van der Waals surface area contributed by atoms with E-state index in [-0.39, 0.29) is 0 Å². The second kappa shape index (κ2) is 6.20. The third-order valence-corrected chi connectivity index (χ3v) is 4.67. The van der Waals surface area contributed by atoms with Gasteiger partial charge < -0.3 is 9.97 Å². The average Bonchev–Trinajstić information content (AvgIpc) is 3.33. The first kappa shape index (κ1) is 17.0. The van der Waals surface area contributed by atoms with Crippen LogP contribution in [-0.2, 0) is 0 Å². The van der Waals surface area contributed by atoms with Gasteiger partial charge in [0.05, 0.1) is 22.8 Å². The van der Waals surface area contributed by atoms with Crippen LogP contribution in [0.1, 0.15) is 22.8 Å². The molecule has 0 unspecified atom stereocenters. The molecule has 0 fully saturated rings. The van der Waals surface area contributed by atoms with Gasteiger partial charge in [-0.1, -0.05) is 21.9 Å². The molecule has 5 rings (SSSR count). The van der Waals surface area contributed by atoms with Gasteiger partial charge in [0.25, 0.3) is 0 Å². The summed E-state index contributed by atoms with van der Waals surface area (Å²) in [5.74, 6) is 0. The van der Waals surface area contributed by atoms with Crippen LogP contribution in [0.3, 0.4) is 0 Å². The van der Waals surface area contributed by atoms with E-state index < -0.39 is 0 Å². The van der Waals surface area contributed by atoms with Crippen LogP contribution in [0.5, 0.6) is 0 Å². The topological polar surface area (TPSA) is 57.4 Å². The van der Waals surface area contributed by atoms with Crippen molar-refractivity contribution >= 4 is 87.5 Å². The highest BCUT2D eigenvalue weighted by Crippen LogP contribution is 2.23. The number of nitrogens with zero attached hydrogens (tertiary/aromatic N) is 2. The zero-order valence-corrected chi connectivity index (χ0v) is 14.8. The van der Waals surface area contributed by atoms with Gasteiger partial charge in [-0.25, -0.2) is 9.97 Å². The summed E-state index contributed by atoms with van der Waals surface area (Å²) in [6.07, 6.45) is 3.59. The first-order valence-electron chi connectivity index (χ1n) is 8.67. The largest absolute Gasteiger partial charge is 0.356 e. The van der Waals surface area contributed by atoms with E-state index in [1.165, 1.54) is 0 Å². The molecule has 0 saturated heterocycles. The molecular weight excluding hydrogens is 339 g/mol. The van der Waals surface area contributed by atoms with Crippen LogP contribution < -0.4 is 10.9 Å². The summed E-state index contributed by atoms with van der Waals surface area (Å²) in [7, 11) is 24.6. The Morgan fingerprint density at radius 3 is 1.50 bits per heavy atom. The van der Waals surface area contributed by atoms with Crippen molar-refractivity contribution in [2.24, 2.45) is 0 Å². The summed E-state index contributed by atoms with van der Waals surface area (Å²) in [6, 6.07) is 11.1. The normalized spacial score (nSPS) is 13.3. The summed E-state index contributed by atoms with van der Waals surface area (Å²) in [6.45, 7) is 0. The van der Waals surface area contributed by atoms with E-state index >= 15 is 0 Å². The quantitative estimate of drug-likeness (QED) is 0.600. The lowest BCUT2D eigenvalue weighted by molar-refractivity contribution is 1.27. The van der Waals surface area contributed by atoms with E-state index in [1.807, 2.05) is 30.3 Å². The number of aromatic nitrogens is 4. The minimum Gasteiger partial charge on any atom is -0.356 e. The molecule has 5 heterocycles. The summed E-state index contributed by atoms with van der Waals surface area (Å²) >= 11 is 0. The van der Waals surface area contributed by atoms with E-state index in [2.05, 4.69) is 19.9 Å². The Hall–Kier alpha value is -3.14. The van der Waals surface area contributed by atoms with Crippen LogP contribution in [0, 0.1) is 0 Å². The molecule has 0 amide bonds. The fraction of sp³-hybridized carbons (Fsp3) is 0. The van der Waals surface area contributed by atoms with Crippen molar-refractivity contribution in [1.82, 2.24) is 19.9 Å². The number of rotatable bonds is 0. The SMILES string of the molecule is [B]C1=Cc2cc3cc([B])c(cc4[nH]c(cc5nc(cc1n2)C([B])=C5)cc4[B])[nH]3. The van der Waals surface area contributed by atoms with Gasteiger partial charge in [-0.15, -0.1) is 0 Å². The van der Waals surface area contributed by atoms with Crippen molar-refractivity contribution in [2.75, 3.05) is 0 Å². The van der Waals surface area contributed by atoms with Crippen LogP contribution in [0.25, 0.3) is 45.2 Å². The van der Waals surface area contributed by atoms with E-state index in [0.29, 0.717) is 44.6 Å². The Balaban J connectivity index is 1.91. The molecule has 0 aromatic carbocycles. The van der Waals surface area contributed by atoms with Gasteiger partial charge in [-0.05, 0) is 48.6 Å². The van der Waals surface area contributed by atoms with Gasteiger partial charge in [0.1, 0.15) is 31.4 Å². The zero-order valence-electron chi connectivity index (χ0n) is 14.8. The molecule has 0 saturated carbocycles. The standard InChI is InChI=1S/C20H10B4N4/c21-13-3-9-1-10-4-14(22)18(26-10)8-20-16(24)6-12(28-20)2-11-5-15(23)19(27-11)7-17(13)25-9/h1-8,25,27H. The van der Waals surface area contributed by atoms with E-state index in [0.717, 1.165) is 22.1 Å². The number of fused-ring (bicyclic) bond motifs is 8. The van der Waals surface area contributed by atoms with E-state index in [9.17, 15) is 0 Å². The summed E-state index contributed by atoms with van der Waals surface area (Å²) in [5, 5.41) is 0. The number of H-pyrrole nitrogens is 2. The van der Waals surface area contributed by atoms with Crippen molar-refractivity contribution in [3.63, 3.8) is 0 Å². The van der Waals surface area contributed by atoms with Crippen molar-refractivity contribution in [3.05, 3.63) is 59.2 Å². The highest BCUT2D eigenvalue weighted by Gasteiger charge is 2.10. The summed E-state index contributed by atoms with van der Waals surface area (Å²) in [5.41, 5.74) is 8.10. The lowest BCUT2D eigenvalue weighted by Gasteiger charge is -1.93. The van der Waals surface area contributed by atoms with Crippen LogP contribution in [0.15, 0.2) is 36.4 Å². The summed E-state index contributed by atoms with van der Waals surface area (Å²) in [4.78, 5) is 15.7.